The van der Waals surface area contributed by atoms with Crippen LogP contribution in [0.2, 0.25) is 0 Å². The first-order valence-corrected chi connectivity index (χ1v) is 4.01. The van der Waals surface area contributed by atoms with Crippen LogP contribution in [-0.4, -0.2) is 35.1 Å². The molecule has 1 fully saturated rings. The van der Waals surface area contributed by atoms with Crippen LogP contribution in [-0.2, 0) is 4.79 Å². The third-order valence-corrected chi connectivity index (χ3v) is 2.61. The molecule has 0 aromatic heterocycles. The first kappa shape index (κ1) is 9.08. The van der Waals surface area contributed by atoms with E-state index in [0.29, 0.717) is 12.8 Å². The summed E-state index contributed by atoms with van der Waals surface area (Å²) in [5.74, 6) is 1.65. The Labute approximate surface area is 72.4 Å². The molecular weight excluding hydrogens is 154 g/mol. The number of likely N-dealkylation sites (tertiary alicyclic amines) is 1. The van der Waals surface area contributed by atoms with E-state index in [1.807, 2.05) is 11.9 Å². The van der Waals surface area contributed by atoms with Crippen molar-refractivity contribution in [2.75, 3.05) is 13.6 Å². The fourth-order valence-electron chi connectivity index (χ4n) is 1.75. The number of carboxylic acids is 1. The number of nitrogens with zero attached hydrogens (tertiary/aromatic N) is 1. The summed E-state index contributed by atoms with van der Waals surface area (Å²) in [4.78, 5) is 12.8. The topological polar surface area (TPSA) is 40.5 Å². The first-order valence-electron chi connectivity index (χ1n) is 4.01. The maximum Gasteiger partial charge on any atom is 0.325 e. The SMILES string of the molecule is C#CCC1(C(=O)O)CCCN1C. The normalized spacial score (nSPS) is 30.0. The van der Waals surface area contributed by atoms with Crippen molar-refractivity contribution in [2.45, 2.75) is 24.8 Å². The standard InChI is InChI=1S/C9H13NO2/c1-3-5-9(8(11)12)6-4-7-10(9)2/h1H,4-7H2,2H3,(H,11,12). The number of terminal acetylenes is 1. The van der Waals surface area contributed by atoms with Crippen LogP contribution in [0.5, 0.6) is 0 Å². The highest BCUT2D eigenvalue weighted by molar-refractivity contribution is 5.79. The van der Waals surface area contributed by atoms with Gasteiger partial charge in [-0.3, -0.25) is 9.69 Å². The van der Waals surface area contributed by atoms with Gasteiger partial charge < -0.3 is 5.11 Å². The van der Waals surface area contributed by atoms with Crippen LogP contribution in [0.25, 0.3) is 0 Å². The van der Waals surface area contributed by atoms with Gasteiger partial charge in [0.1, 0.15) is 5.54 Å². The maximum absolute atomic E-state index is 11.0. The molecule has 12 heavy (non-hydrogen) atoms. The molecule has 1 unspecified atom stereocenters. The summed E-state index contributed by atoms with van der Waals surface area (Å²) in [6, 6.07) is 0. The molecule has 0 aromatic carbocycles. The summed E-state index contributed by atoms with van der Waals surface area (Å²) in [6.07, 6.45) is 7.05. The van der Waals surface area contributed by atoms with Gasteiger partial charge in [0.05, 0.1) is 0 Å². The van der Waals surface area contributed by atoms with E-state index in [4.69, 9.17) is 11.5 Å². The molecule has 1 saturated heterocycles. The first-order chi connectivity index (χ1) is 5.63. The van der Waals surface area contributed by atoms with E-state index in [2.05, 4.69) is 5.92 Å². The molecule has 0 spiro atoms. The number of hydrogen-bond acceptors (Lipinski definition) is 2. The molecule has 0 bridgehead atoms. The van der Waals surface area contributed by atoms with Gasteiger partial charge in [-0.15, -0.1) is 12.3 Å². The lowest BCUT2D eigenvalue weighted by Crippen LogP contribution is -2.48. The fourth-order valence-corrected chi connectivity index (χ4v) is 1.75. The van der Waals surface area contributed by atoms with Gasteiger partial charge in [-0.1, -0.05) is 0 Å². The lowest BCUT2D eigenvalue weighted by atomic mass is 9.93. The Kier molecular flexibility index (Phi) is 2.39. The molecule has 1 atom stereocenters. The van der Waals surface area contributed by atoms with Gasteiger partial charge in [-0.2, -0.15) is 0 Å². The van der Waals surface area contributed by atoms with Crippen LogP contribution < -0.4 is 0 Å². The average Bonchev–Trinajstić information content (AvgIpc) is 2.34. The Morgan fingerprint density at radius 2 is 2.50 bits per heavy atom. The van der Waals surface area contributed by atoms with E-state index in [-0.39, 0.29) is 0 Å². The zero-order chi connectivity index (χ0) is 9.19. The highest BCUT2D eigenvalue weighted by Crippen LogP contribution is 2.30. The average molecular weight is 167 g/mol. The van der Waals surface area contributed by atoms with Crippen molar-refractivity contribution >= 4 is 5.97 Å². The van der Waals surface area contributed by atoms with Crippen LogP contribution in [0.15, 0.2) is 0 Å². The van der Waals surface area contributed by atoms with Crippen molar-refractivity contribution < 1.29 is 9.90 Å². The van der Waals surface area contributed by atoms with E-state index in [9.17, 15) is 4.79 Å². The molecule has 0 aromatic rings. The molecule has 66 valence electrons. The van der Waals surface area contributed by atoms with Crippen molar-refractivity contribution in [3.8, 4) is 12.3 Å². The monoisotopic (exact) mass is 167 g/mol. The Morgan fingerprint density at radius 3 is 2.83 bits per heavy atom. The molecular formula is C9H13NO2. The second kappa shape index (κ2) is 3.16. The van der Waals surface area contributed by atoms with Gasteiger partial charge in [0.25, 0.3) is 0 Å². The van der Waals surface area contributed by atoms with Gasteiger partial charge in [0.15, 0.2) is 0 Å². The predicted octanol–water partition coefficient (Wildman–Crippen LogP) is 0.559. The predicted molar refractivity (Wildman–Crippen MR) is 45.7 cm³/mol. The van der Waals surface area contributed by atoms with E-state index in [1.54, 1.807) is 0 Å². The van der Waals surface area contributed by atoms with Crippen molar-refractivity contribution in [3.05, 3.63) is 0 Å². The highest BCUT2D eigenvalue weighted by Gasteiger charge is 2.44. The number of aliphatic carboxylic acids is 1. The van der Waals surface area contributed by atoms with Gasteiger partial charge >= 0.3 is 5.97 Å². The lowest BCUT2D eigenvalue weighted by molar-refractivity contribution is -0.148. The molecule has 0 amide bonds. The Bertz CT molecular complexity index is 231. The van der Waals surface area contributed by atoms with Gasteiger partial charge in [0.2, 0.25) is 0 Å². The quantitative estimate of drug-likeness (QED) is 0.611. The minimum Gasteiger partial charge on any atom is -0.480 e. The molecule has 1 aliphatic rings. The largest absolute Gasteiger partial charge is 0.480 e. The van der Waals surface area contributed by atoms with E-state index >= 15 is 0 Å². The van der Waals surface area contributed by atoms with E-state index in [1.165, 1.54) is 0 Å². The van der Waals surface area contributed by atoms with Gasteiger partial charge in [-0.25, -0.2) is 0 Å². The highest BCUT2D eigenvalue weighted by atomic mass is 16.4. The number of hydrogen-bond donors (Lipinski definition) is 1. The van der Waals surface area contributed by atoms with E-state index in [0.717, 1.165) is 13.0 Å². The third-order valence-electron chi connectivity index (χ3n) is 2.61. The number of likely N-dealkylation sites (N-methyl/N-ethyl adjacent to an activating group) is 1. The molecule has 3 nitrogen and oxygen atoms in total. The Morgan fingerprint density at radius 1 is 1.83 bits per heavy atom. The second-order valence-corrected chi connectivity index (χ2v) is 3.24. The van der Waals surface area contributed by atoms with Crippen LogP contribution in [0, 0.1) is 12.3 Å². The Balaban J connectivity index is 2.87. The van der Waals surface area contributed by atoms with Crippen molar-refractivity contribution in [2.24, 2.45) is 0 Å². The zero-order valence-electron chi connectivity index (χ0n) is 7.21. The molecule has 1 heterocycles. The summed E-state index contributed by atoms with van der Waals surface area (Å²) in [5.41, 5.74) is -0.783. The number of rotatable bonds is 2. The van der Waals surface area contributed by atoms with Gasteiger partial charge in [0, 0.05) is 6.42 Å². The molecule has 1 rings (SSSR count). The van der Waals surface area contributed by atoms with Crippen LogP contribution >= 0.6 is 0 Å². The van der Waals surface area contributed by atoms with Crippen LogP contribution in [0.4, 0.5) is 0 Å². The molecule has 0 saturated carbocycles. The second-order valence-electron chi connectivity index (χ2n) is 3.24. The summed E-state index contributed by atoms with van der Waals surface area (Å²) in [5, 5.41) is 9.03. The van der Waals surface area contributed by atoms with Crippen molar-refractivity contribution in [1.82, 2.24) is 4.90 Å². The minimum atomic E-state index is -0.791. The van der Waals surface area contributed by atoms with E-state index < -0.39 is 11.5 Å². The molecule has 0 radical (unpaired) electrons. The van der Waals surface area contributed by atoms with Crippen LogP contribution in [0.3, 0.4) is 0 Å². The molecule has 3 heteroatoms. The maximum atomic E-state index is 11.0. The van der Waals surface area contributed by atoms with Gasteiger partial charge in [-0.05, 0) is 26.4 Å². The smallest absolute Gasteiger partial charge is 0.325 e. The molecule has 1 N–H and O–H groups in total. The van der Waals surface area contributed by atoms with Crippen LogP contribution in [0.1, 0.15) is 19.3 Å². The summed E-state index contributed by atoms with van der Waals surface area (Å²) < 4.78 is 0. The van der Waals surface area contributed by atoms with Crippen molar-refractivity contribution in [1.29, 1.82) is 0 Å². The fraction of sp³-hybridized carbons (Fsp3) is 0.667. The summed E-state index contributed by atoms with van der Waals surface area (Å²) in [6.45, 7) is 0.827. The van der Waals surface area contributed by atoms with Crippen molar-refractivity contribution in [3.63, 3.8) is 0 Å². The minimum absolute atomic E-state index is 0.304. The summed E-state index contributed by atoms with van der Waals surface area (Å²) >= 11 is 0. The Hall–Kier alpha value is -1.01. The molecule has 0 aliphatic carbocycles. The lowest BCUT2D eigenvalue weighted by Gasteiger charge is -2.29. The summed E-state index contributed by atoms with van der Waals surface area (Å²) in [7, 11) is 1.82. The molecule has 1 aliphatic heterocycles. The number of carbonyl (C=O) groups is 1. The third kappa shape index (κ3) is 1.19. The zero-order valence-corrected chi connectivity index (χ0v) is 7.21. The number of carboxylic acid groups (broad SMARTS) is 1.